The fourth-order valence-electron chi connectivity index (χ4n) is 1.89. The average Bonchev–Trinajstić information content (AvgIpc) is 2.24. The minimum absolute atomic E-state index is 0.0388. The molecule has 0 aromatic carbocycles. The van der Waals surface area contributed by atoms with E-state index in [1.54, 1.807) is 0 Å². The van der Waals surface area contributed by atoms with Gasteiger partial charge in [0.25, 0.3) is 0 Å². The van der Waals surface area contributed by atoms with E-state index in [1.807, 2.05) is 0 Å². The van der Waals surface area contributed by atoms with Crippen molar-refractivity contribution in [2.75, 3.05) is 13.1 Å². The van der Waals surface area contributed by atoms with Crippen LogP contribution in [0.4, 0.5) is 0 Å². The topological polar surface area (TPSA) is 70.2 Å². The molecule has 2 amide bonds. The van der Waals surface area contributed by atoms with Crippen molar-refractivity contribution in [2.45, 2.75) is 45.2 Å². The molecule has 0 aromatic heterocycles. The SMILES string of the molecule is CC(=O)NCCNC(=O)C1CCCC(C)N1. The normalized spacial score (nSPS) is 24.9. The van der Waals surface area contributed by atoms with Crippen LogP contribution in [0.1, 0.15) is 33.1 Å². The van der Waals surface area contributed by atoms with E-state index < -0.39 is 0 Å². The third-order valence-electron chi connectivity index (χ3n) is 2.73. The van der Waals surface area contributed by atoms with Crippen molar-refractivity contribution in [1.29, 1.82) is 0 Å². The van der Waals surface area contributed by atoms with Crippen LogP contribution in [0.15, 0.2) is 0 Å². The molecule has 1 rings (SSSR count). The molecule has 1 aliphatic heterocycles. The second kappa shape index (κ2) is 6.48. The van der Waals surface area contributed by atoms with Crippen LogP contribution in [0.5, 0.6) is 0 Å². The number of carbonyl (C=O) groups excluding carboxylic acids is 2. The molecule has 5 heteroatoms. The van der Waals surface area contributed by atoms with Gasteiger partial charge in [-0.2, -0.15) is 0 Å². The van der Waals surface area contributed by atoms with Gasteiger partial charge >= 0.3 is 0 Å². The average molecular weight is 227 g/mol. The van der Waals surface area contributed by atoms with E-state index in [1.165, 1.54) is 6.92 Å². The molecule has 92 valence electrons. The number of carbonyl (C=O) groups is 2. The summed E-state index contributed by atoms with van der Waals surface area (Å²) in [4.78, 5) is 22.3. The van der Waals surface area contributed by atoms with Crippen LogP contribution in [0.3, 0.4) is 0 Å². The first-order valence-electron chi connectivity index (χ1n) is 5.88. The Labute approximate surface area is 96.4 Å². The molecule has 5 nitrogen and oxygen atoms in total. The van der Waals surface area contributed by atoms with Gasteiger partial charge in [0.2, 0.25) is 11.8 Å². The maximum Gasteiger partial charge on any atom is 0.237 e. The van der Waals surface area contributed by atoms with Crippen molar-refractivity contribution in [3.05, 3.63) is 0 Å². The highest BCUT2D eigenvalue weighted by Gasteiger charge is 2.23. The summed E-state index contributed by atoms with van der Waals surface area (Å²) in [6.45, 7) is 4.54. The lowest BCUT2D eigenvalue weighted by Gasteiger charge is -2.27. The molecule has 1 heterocycles. The van der Waals surface area contributed by atoms with Gasteiger partial charge in [-0.05, 0) is 26.2 Å². The predicted octanol–water partition coefficient (Wildman–Crippen LogP) is -0.231. The van der Waals surface area contributed by atoms with E-state index in [0.29, 0.717) is 19.1 Å². The van der Waals surface area contributed by atoms with Crippen LogP contribution in [-0.4, -0.2) is 37.0 Å². The molecule has 0 saturated carbocycles. The van der Waals surface area contributed by atoms with Gasteiger partial charge in [-0.3, -0.25) is 9.59 Å². The molecular formula is C11H21N3O2. The standard InChI is InChI=1S/C11H21N3O2/c1-8-4-3-5-10(14-8)11(16)13-7-6-12-9(2)15/h8,10,14H,3-7H2,1-2H3,(H,12,15)(H,13,16). The maximum absolute atomic E-state index is 11.7. The predicted molar refractivity (Wildman–Crippen MR) is 61.9 cm³/mol. The Hall–Kier alpha value is -1.10. The second-order valence-electron chi connectivity index (χ2n) is 4.33. The lowest BCUT2D eigenvalue weighted by atomic mass is 9.99. The van der Waals surface area contributed by atoms with Gasteiger partial charge in [0.1, 0.15) is 0 Å². The Morgan fingerprint density at radius 3 is 2.56 bits per heavy atom. The van der Waals surface area contributed by atoms with Gasteiger partial charge in [-0.25, -0.2) is 0 Å². The van der Waals surface area contributed by atoms with Crippen LogP contribution in [0.25, 0.3) is 0 Å². The van der Waals surface area contributed by atoms with Crippen molar-refractivity contribution in [3.8, 4) is 0 Å². The summed E-state index contributed by atoms with van der Waals surface area (Å²) >= 11 is 0. The summed E-state index contributed by atoms with van der Waals surface area (Å²) in [5, 5.41) is 8.72. The van der Waals surface area contributed by atoms with Crippen molar-refractivity contribution in [1.82, 2.24) is 16.0 Å². The van der Waals surface area contributed by atoms with Gasteiger partial charge in [-0.15, -0.1) is 0 Å². The quantitative estimate of drug-likeness (QED) is 0.581. The first kappa shape index (κ1) is 13.0. The minimum Gasteiger partial charge on any atom is -0.355 e. The Morgan fingerprint density at radius 1 is 1.25 bits per heavy atom. The molecule has 0 spiro atoms. The highest BCUT2D eigenvalue weighted by atomic mass is 16.2. The summed E-state index contributed by atoms with van der Waals surface area (Å²) in [6, 6.07) is 0.348. The summed E-state index contributed by atoms with van der Waals surface area (Å²) in [5.41, 5.74) is 0. The van der Waals surface area contributed by atoms with E-state index in [4.69, 9.17) is 0 Å². The third-order valence-corrected chi connectivity index (χ3v) is 2.73. The molecule has 1 saturated heterocycles. The molecule has 1 fully saturated rings. The zero-order valence-corrected chi connectivity index (χ0v) is 10.0. The summed E-state index contributed by atoms with van der Waals surface area (Å²) in [5.74, 6) is -0.0319. The van der Waals surface area contributed by atoms with Crippen LogP contribution < -0.4 is 16.0 Å². The Balaban J connectivity index is 2.16. The third kappa shape index (κ3) is 4.61. The van der Waals surface area contributed by atoms with Crippen LogP contribution in [0, 0.1) is 0 Å². The largest absolute Gasteiger partial charge is 0.355 e. The van der Waals surface area contributed by atoms with Gasteiger partial charge in [0.15, 0.2) is 0 Å². The number of rotatable bonds is 4. The zero-order valence-electron chi connectivity index (χ0n) is 10.0. The van der Waals surface area contributed by atoms with Gasteiger partial charge in [0, 0.05) is 26.1 Å². The zero-order chi connectivity index (χ0) is 12.0. The number of hydrogen-bond donors (Lipinski definition) is 3. The molecule has 0 radical (unpaired) electrons. The molecular weight excluding hydrogens is 206 g/mol. The maximum atomic E-state index is 11.7. The van der Waals surface area contributed by atoms with E-state index in [2.05, 4.69) is 22.9 Å². The van der Waals surface area contributed by atoms with E-state index in [9.17, 15) is 9.59 Å². The second-order valence-corrected chi connectivity index (χ2v) is 4.33. The smallest absolute Gasteiger partial charge is 0.237 e. The highest BCUT2D eigenvalue weighted by Crippen LogP contribution is 2.11. The highest BCUT2D eigenvalue weighted by molar-refractivity contribution is 5.81. The van der Waals surface area contributed by atoms with E-state index in [-0.39, 0.29) is 17.9 Å². The molecule has 16 heavy (non-hydrogen) atoms. The van der Waals surface area contributed by atoms with E-state index >= 15 is 0 Å². The summed E-state index contributed by atoms with van der Waals surface area (Å²) < 4.78 is 0. The fraction of sp³-hybridized carbons (Fsp3) is 0.818. The lowest BCUT2D eigenvalue weighted by Crippen LogP contribution is -2.51. The number of amides is 2. The van der Waals surface area contributed by atoms with Crippen molar-refractivity contribution in [3.63, 3.8) is 0 Å². The Kier molecular flexibility index (Phi) is 5.25. The van der Waals surface area contributed by atoms with Gasteiger partial charge < -0.3 is 16.0 Å². The minimum atomic E-state index is -0.0707. The molecule has 2 unspecified atom stereocenters. The monoisotopic (exact) mass is 227 g/mol. The Bertz CT molecular complexity index is 256. The first-order valence-corrected chi connectivity index (χ1v) is 5.88. The van der Waals surface area contributed by atoms with Gasteiger partial charge in [-0.1, -0.05) is 0 Å². The number of piperidine rings is 1. The van der Waals surface area contributed by atoms with Gasteiger partial charge in [0.05, 0.1) is 6.04 Å². The molecule has 1 aliphatic rings. The summed E-state index contributed by atoms with van der Waals surface area (Å²) in [6.07, 6.45) is 3.13. The van der Waals surface area contributed by atoms with Crippen molar-refractivity contribution >= 4 is 11.8 Å². The van der Waals surface area contributed by atoms with Crippen LogP contribution in [-0.2, 0) is 9.59 Å². The number of nitrogens with one attached hydrogen (secondary N) is 3. The molecule has 2 atom stereocenters. The Morgan fingerprint density at radius 2 is 1.94 bits per heavy atom. The first-order chi connectivity index (χ1) is 7.59. The van der Waals surface area contributed by atoms with Crippen LogP contribution >= 0.6 is 0 Å². The molecule has 0 aromatic rings. The molecule has 0 bridgehead atoms. The molecule has 0 aliphatic carbocycles. The fourth-order valence-corrected chi connectivity index (χ4v) is 1.89. The van der Waals surface area contributed by atoms with Crippen molar-refractivity contribution < 1.29 is 9.59 Å². The van der Waals surface area contributed by atoms with Crippen molar-refractivity contribution in [2.24, 2.45) is 0 Å². The van der Waals surface area contributed by atoms with E-state index in [0.717, 1.165) is 19.3 Å². The number of hydrogen-bond acceptors (Lipinski definition) is 3. The van der Waals surface area contributed by atoms with Crippen LogP contribution in [0.2, 0.25) is 0 Å². The lowest BCUT2D eigenvalue weighted by molar-refractivity contribution is -0.124. The summed E-state index contributed by atoms with van der Waals surface area (Å²) in [7, 11) is 0. The molecule has 3 N–H and O–H groups in total.